The van der Waals surface area contributed by atoms with E-state index >= 15 is 0 Å². The maximum Gasteiger partial charge on any atom is 0.236 e. The Bertz CT molecular complexity index is 559. The van der Waals surface area contributed by atoms with Crippen LogP contribution in [-0.2, 0) is 9.53 Å². The van der Waals surface area contributed by atoms with Gasteiger partial charge in [-0.25, -0.2) is 9.97 Å². The Kier molecular flexibility index (Phi) is 5.07. The molecule has 2 N–H and O–H groups in total. The molecule has 3 heterocycles. The second-order valence-corrected chi connectivity index (χ2v) is 6.18. The monoisotopic (exact) mass is 319 g/mol. The van der Waals surface area contributed by atoms with Crippen LogP contribution < -0.4 is 10.6 Å². The molecule has 126 valence electrons. The number of carbonyl (C=O) groups is 1. The molecule has 2 saturated heterocycles. The van der Waals surface area contributed by atoms with Gasteiger partial charge in [0.25, 0.3) is 0 Å². The lowest BCUT2D eigenvalue weighted by Crippen LogP contribution is -2.42. The van der Waals surface area contributed by atoms with Crippen molar-refractivity contribution in [2.45, 2.75) is 25.7 Å². The molecule has 0 saturated carbocycles. The molecule has 1 aromatic rings. The van der Waals surface area contributed by atoms with Crippen molar-refractivity contribution in [3.05, 3.63) is 17.6 Å². The summed E-state index contributed by atoms with van der Waals surface area (Å²) < 4.78 is 5.41. The van der Waals surface area contributed by atoms with Crippen LogP contribution in [0.3, 0.4) is 0 Å². The summed E-state index contributed by atoms with van der Waals surface area (Å²) in [4.78, 5) is 25.2. The molecule has 0 aliphatic carbocycles. The average Bonchev–Trinajstić information content (AvgIpc) is 2.61. The molecule has 2 fully saturated rings. The van der Waals surface area contributed by atoms with Gasteiger partial charge in [0.05, 0.1) is 25.5 Å². The zero-order chi connectivity index (χ0) is 16.2. The highest BCUT2D eigenvalue weighted by Gasteiger charge is 2.26. The van der Waals surface area contributed by atoms with Crippen LogP contribution in [0.4, 0.5) is 5.82 Å². The Balaban J connectivity index is 1.78. The van der Waals surface area contributed by atoms with Crippen molar-refractivity contribution in [1.82, 2.24) is 14.9 Å². The van der Waals surface area contributed by atoms with Gasteiger partial charge in [-0.15, -0.1) is 0 Å². The van der Waals surface area contributed by atoms with E-state index in [0.29, 0.717) is 6.54 Å². The summed E-state index contributed by atoms with van der Waals surface area (Å²) in [7, 11) is 0. The first kappa shape index (κ1) is 16.1. The topological polar surface area (TPSA) is 84.6 Å². The number of ether oxygens (including phenoxy) is 1. The quantitative estimate of drug-likeness (QED) is 0.862. The molecule has 1 amide bonds. The maximum atomic E-state index is 11.9. The molecule has 2 aliphatic heterocycles. The smallest absolute Gasteiger partial charge is 0.236 e. The minimum absolute atomic E-state index is 0.0221. The number of amides is 1. The van der Waals surface area contributed by atoms with Gasteiger partial charge in [0.15, 0.2) is 0 Å². The average molecular weight is 319 g/mol. The fourth-order valence-electron chi connectivity index (χ4n) is 3.31. The van der Waals surface area contributed by atoms with E-state index in [1.807, 2.05) is 11.8 Å². The molecule has 0 radical (unpaired) electrons. The summed E-state index contributed by atoms with van der Waals surface area (Å²) in [6.07, 6.45) is 2.04. The fraction of sp³-hybridized carbons (Fsp3) is 0.688. The molecule has 0 bridgehead atoms. The standard InChI is InChI=1S/C16H25N5O2/c1-12-18-14(9-15(19-12)20-5-7-23-8-6-20)13-3-2-4-21(11-13)16(22)10-17/h9,13H,2-8,10-11,17H2,1H3/t13-/m1/s1. The van der Waals surface area contributed by atoms with Gasteiger partial charge in [0.2, 0.25) is 5.91 Å². The molecule has 2 aliphatic rings. The zero-order valence-corrected chi connectivity index (χ0v) is 13.7. The molecule has 0 spiro atoms. The van der Waals surface area contributed by atoms with Gasteiger partial charge < -0.3 is 20.3 Å². The van der Waals surface area contributed by atoms with Crippen LogP contribution in [0, 0.1) is 6.92 Å². The maximum absolute atomic E-state index is 11.9. The number of aromatic nitrogens is 2. The Labute approximate surface area is 136 Å². The van der Waals surface area contributed by atoms with E-state index < -0.39 is 0 Å². The molecule has 0 unspecified atom stereocenters. The van der Waals surface area contributed by atoms with Gasteiger partial charge in [-0.05, 0) is 19.8 Å². The first-order valence-corrected chi connectivity index (χ1v) is 8.33. The number of nitrogens with zero attached hydrogens (tertiary/aromatic N) is 4. The van der Waals surface area contributed by atoms with Crippen molar-refractivity contribution >= 4 is 11.7 Å². The Morgan fingerprint density at radius 3 is 2.87 bits per heavy atom. The molecule has 1 atom stereocenters. The van der Waals surface area contributed by atoms with Gasteiger partial charge in [-0.2, -0.15) is 0 Å². The van der Waals surface area contributed by atoms with Gasteiger partial charge in [0.1, 0.15) is 11.6 Å². The van der Waals surface area contributed by atoms with Crippen molar-refractivity contribution in [3.63, 3.8) is 0 Å². The normalized spacial score (nSPS) is 22.3. The third-order valence-electron chi connectivity index (χ3n) is 4.55. The second kappa shape index (κ2) is 7.23. The molecule has 7 nitrogen and oxygen atoms in total. The van der Waals surface area contributed by atoms with E-state index in [-0.39, 0.29) is 18.4 Å². The number of hydrogen-bond acceptors (Lipinski definition) is 6. The molecule has 23 heavy (non-hydrogen) atoms. The van der Waals surface area contributed by atoms with E-state index in [0.717, 1.165) is 63.0 Å². The van der Waals surface area contributed by atoms with Crippen LogP contribution in [0.2, 0.25) is 0 Å². The summed E-state index contributed by atoms with van der Waals surface area (Å²) in [6, 6.07) is 2.08. The number of hydrogen-bond donors (Lipinski definition) is 1. The summed E-state index contributed by atoms with van der Waals surface area (Å²) in [5.41, 5.74) is 6.53. The highest BCUT2D eigenvalue weighted by Crippen LogP contribution is 2.28. The number of likely N-dealkylation sites (tertiary alicyclic amines) is 1. The zero-order valence-electron chi connectivity index (χ0n) is 13.7. The van der Waals surface area contributed by atoms with Crippen LogP contribution in [0.5, 0.6) is 0 Å². The molecule has 1 aromatic heterocycles. The van der Waals surface area contributed by atoms with Gasteiger partial charge in [-0.3, -0.25) is 4.79 Å². The van der Waals surface area contributed by atoms with Crippen molar-refractivity contribution in [2.24, 2.45) is 5.73 Å². The van der Waals surface area contributed by atoms with Crippen LogP contribution in [0.25, 0.3) is 0 Å². The summed E-state index contributed by atoms with van der Waals surface area (Å²) in [6.45, 7) is 6.70. The number of aryl methyl sites for hydroxylation is 1. The highest BCUT2D eigenvalue weighted by molar-refractivity contribution is 5.78. The number of piperidine rings is 1. The van der Waals surface area contributed by atoms with Crippen molar-refractivity contribution in [1.29, 1.82) is 0 Å². The summed E-state index contributed by atoms with van der Waals surface area (Å²) >= 11 is 0. The van der Waals surface area contributed by atoms with Crippen LogP contribution in [0.1, 0.15) is 30.3 Å². The fourth-order valence-corrected chi connectivity index (χ4v) is 3.31. The van der Waals surface area contributed by atoms with Gasteiger partial charge in [0, 0.05) is 38.2 Å². The van der Waals surface area contributed by atoms with E-state index in [1.54, 1.807) is 0 Å². The Morgan fingerprint density at radius 2 is 2.13 bits per heavy atom. The predicted molar refractivity (Wildman–Crippen MR) is 87.4 cm³/mol. The first-order chi connectivity index (χ1) is 11.2. The molecule has 0 aromatic carbocycles. The number of carbonyl (C=O) groups excluding carboxylic acids is 1. The van der Waals surface area contributed by atoms with Crippen LogP contribution in [-0.4, -0.2) is 66.7 Å². The minimum atomic E-state index is 0.0221. The predicted octanol–water partition coefficient (Wildman–Crippen LogP) is 0.286. The van der Waals surface area contributed by atoms with E-state index in [4.69, 9.17) is 10.5 Å². The first-order valence-electron chi connectivity index (χ1n) is 8.33. The van der Waals surface area contributed by atoms with Gasteiger partial charge >= 0.3 is 0 Å². The minimum Gasteiger partial charge on any atom is -0.378 e. The van der Waals surface area contributed by atoms with Crippen molar-refractivity contribution in [3.8, 4) is 0 Å². The lowest BCUT2D eigenvalue weighted by Gasteiger charge is -2.33. The van der Waals surface area contributed by atoms with Crippen LogP contribution in [0.15, 0.2) is 6.07 Å². The number of anilines is 1. The summed E-state index contributed by atoms with van der Waals surface area (Å²) in [5, 5.41) is 0. The molecular formula is C16H25N5O2. The number of nitrogens with two attached hydrogens (primary N) is 1. The van der Waals surface area contributed by atoms with Crippen molar-refractivity contribution < 1.29 is 9.53 Å². The van der Waals surface area contributed by atoms with E-state index in [2.05, 4.69) is 20.9 Å². The van der Waals surface area contributed by atoms with Gasteiger partial charge in [-0.1, -0.05) is 0 Å². The van der Waals surface area contributed by atoms with E-state index in [1.165, 1.54) is 0 Å². The second-order valence-electron chi connectivity index (χ2n) is 6.18. The third kappa shape index (κ3) is 3.79. The van der Waals surface area contributed by atoms with Crippen molar-refractivity contribution in [2.75, 3.05) is 50.8 Å². The summed E-state index contributed by atoms with van der Waals surface area (Å²) in [5.74, 6) is 2.04. The third-order valence-corrected chi connectivity index (χ3v) is 4.55. The molecule has 7 heteroatoms. The largest absolute Gasteiger partial charge is 0.378 e. The van der Waals surface area contributed by atoms with Crippen LogP contribution >= 0.6 is 0 Å². The lowest BCUT2D eigenvalue weighted by atomic mass is 9.94. The number of rotatable bonds is 3. The molecule has 3 rings (SSSR count). The molecular weight excluding hydrogens is 294 g/mol. The number of morpholine rings is 1. The van der Waals surface area contributed by atoms with E-state index in [9.17, 15) is 4.79 Å². The Hall–Kier alpha value is -1.73. The lowest BCUT2D eigenvalue weighted by molar-refractivity contribution is -0.130. The Morgan fingerprint density at radius 1 is 1.35 bits per heavy atom. The highest BCUT2D eigenvalue weighted by atomic mass is 16.5. The SMILES string of the molecule is Cc1nc([C@@H]2CCCN(C(=O)CN)C2)cc(N2CCOCC2)n1.